The lowest BCUT2D eigenvalue weighted by Gasteiger charge is -2.30. The molecule has 1 saturated carbocycles. The van der Waals surface area contributed by atoms with Crippen molar-refractivity contribution < 1.29 is 13.6 Å². The van der Waals surface area contributed by atoms with Crippen molar-refractivity contribution >= 4 is 21.7 Å². The molecule has 1 aliphatic rings. The highest BCUT2D eigenvalue weighted by molar-refractivity contribution is 9.10. The molecule has 0 aromatic carbocycles. The predicted molar refractivity (Wildman–Crippen MR) is 68.7 cm³/mol. The van der Waals surface area contributed by atoms with E-state index in [1.807, 2.05) is 20.8 Å². The van der Waals surface area contributed by atoms with Crippen molar-refractivity contribution in [2.24, 2.45) is 11.3 Å². The summed E-state index contributed by atoms with van der Waals surface area (Å²) in [5.41, 5.74) is -0.368. The summed E-state index contributed by atoms with van der Waals surface area (Å²) >= 11 is 3.41. The number of hydrogen-bond acceptors (Lipinski definition) is 1. The van der Waals surface area contributed by atoms with Crippen LogP contribution in [0.3, 0.4) is 0 Å². The van der Waals surface area contributed by atoms with Crippen LogP contribution < -0.4 is 0 Å². The average Bonchev–Trinajstić information content (AvgIpc) is 2.18. The normalized spacial score (nSPS) is 23.4. The molecule has 1 fully saturated rings. The van der Waals surface area contributed by atoms with Gasteiger partial charge in [-0.3, -0.25) is 4.79 Å². The molecule has 4 heteroatoms. The van der Waals surface area contributed by atoms with Crippen molar-refractivity contribution in [1.29, 1.82) is 0 Å². The van der Waals surface area contributed by atoms with Crippen LogP contribution in [0.5, 0.6) is 0 Å². The van der Waals surface area contributed by atoms with Gasteiger partial charge in [-0.05, 0) is 25.2 Å². The van der Waals surface area contributed by atoms with E-state index in [1.165, 1.54) is 0 Å². The second-order valence-corrected chi connectivity index (χ2v) is 7.22. The van der Waals surface area contributed by atoms with Gasteiger partial charge in [-0.25, -0.2) is 8.78 Å². The Balaban J connectivity index is 2.43. The van der Waals surface area contributed by atoms with Gasteiger partial charge in [-0.15, -0.1) is 0 Å². The maximum Gasteiger partial charge on any atom is 0.248 e. The largest absolute Gasteiger partial charge is 0.298 e. The van der Waals surface area contributed by atoms with Crippen LogP contribution in [0, 0.1) is 11.3 Å². The van der Waals surface area contributed by atoms with E-state index in [-0.39, 0.29) is 34.8 Å². The SMILES string of the molecule is CC(C)(C)C(=O)C(Br)CC1CCC(F)(F)CC1. The number of carbonyl (C=O) groups is 1. The number of carbonyl (C=O) groups excluding carboxylic acids is 1. The lowest BCUT2D eigenvalue weighted by Crippen LogP contribution is -2.32. The summed E-state index contributed by atoms with van der Waals surface area (Å²) in [5.74, 6) is -2.06. The molecule has 1 nitrogen and oxygen atoms in total. The van der Waals surface area contributed by atoms with Crippen molar-refractivity contribution in [2.45, 2.75) is 63.6 Å². The van der Waals surface area contributed by atoms with Crippen LogP contribution in [0.2, 0.25) is 0 Å². The minimum Gasteiger partial charge on any atom is -0.298 e. The number of alkyl halides is 3. The van der Waals surface area contributed by atoms with E-state index in [0.29, 0.717) is 19.3 Å². The number of Topliss-reactive ketones (excluding diaryl/α,β-unsaturated/α-hetero) is 1. The summed E-state index contributed by atoms with van der Waals surface area (Å²) in [7, 11) is 0. The van der Waals surface area contributed by atoms with Crippen molar-refractivity contribution in [2.75, 3.05) is 0 Å². The Morgan fingerprint density at radius 1 is 1.35 bits per heavy atom. The zero-order chi connectivity index (χ0) is 13.3. The van der Waals surface area contributed by atoms with Crippen LogP contribution in [0.1, 0.15) is 52.9 Å². The highest BCUT2D eigenvalue weighted by atomic mass is 79.9. The molecule has 0 amide bonds. The maximum absolute atomic E-state index is 13.0. The van der Waals surface area contributed by atoms with Gasteiger partial charge in [0.15, 0.2) is 5.78 Å². The summed E-state index contributed by atoms with van der Waals surface area (Å²) in [6.07, 6.45) is 1.70. The van der Waals surface area contributed by atoms with Crippen LogP contribution in [0.15, 0.2) is 0 Å². The molecule has 0 radical (unpaired) electrons. The Morgan fingerprint density at radius 2 is 1.82 bits per heavy atom. The number of ketones is 1. The van der Waals surface area contributed by atoms with E-state index in [9.17, 15) is 13.6 Å². The molecule has 0 aliphatic heterocycles. The number of hydrogen-bond donors (Lipinski definition) is 0. The third kappa shape index (κ3) is 4.65. The Morgan fingerprint density at radius 3 is 2.24 bits per heavy atom. The van der Waals surface area contributed by atoms with E-state index in [2.05, 4.69) is 15.9 Å². The summed E-state index contributed by atoms with van der Waals surface area (Å²) in [6, 6.07) is 0. The van der Waals surface area contributed by atoms with Gasteiger partial charge in [-0.1, -0.05) is 36.7 Å². The van der Waals surface area contributed by atoms with E-state index in [0.717, 1.165) is 0 Å². The second kappa shape index (κ2) is 5.33. The van der Waals surface area contributed by atoms with Gasteiger partial charge >= 0.3 is 0 Å². The van der Waals surface area contributed by atoms with Gasteiger partial charge in [0.2, 0.25) is 5.92 Å². The molecule has 1 unspecified atom stereocenters. The van der Waals surface area contributed by atoms with Crippen molar-refractivity contribution in [1.82, 2.24) is 0 Å². The quantitative estimate of drug-likeness (QED) is 0.697. The molecule has 0 saturated heterocycles. The van der Waals surface area contributed by atoms with E-state index in [4.69, 9.17) is 0 Å². The fourth-order valence-electron chi connectivity index (χ4n) is 2.21. The van der Waals surface area contributed by atoms with Gasteiger partial charge in [0.25, 0.3) is 0 Å². The number of rotatable bonds is 3. The molecule has 1 atom stereocenters. The lowest BCUT2D eigenvalue weighted by atomic mass is 9.81. The summed E-state index contributed by atoms with van der Waals surface area (Å²) in [5, 5.41) is 0. The van der Waals surface area contributed by atoms with E-state index < -0.39 is 5.92 Å². The van der Waals surface area contributed by atoms with E-state index in [1.54, 1.807) is 0 Å². The Kier molecular flexibility index (Phi) is 4.73. The molecule has 100 valence electrons. The van der Waals surface area contributed by atoms with Gasteiger partial charge in [0, 0.05) is 18.3 Å². The van der Waals surface area contributed by atoms with E-state index >= 15 is 0 Å². The van der Waals surface area contributed by atoms with Crippen LogP contribution in [-0.2, 0) is 4.79 Å². The zero-order valence-electron chi connectivity index (χ0n) is 10.7. The highest BCUT2D eigenvalue weighted by Gasteiger charge is 2.37. The molecule has 0 aromatic heterocycles. The first-order chi connectivity index (χ1) is 7.62. The Bertz CT molecular complexity index is 274. The smallest absolute Gasteiger partial charge is 0.248 e. The first kappa shape index (κ1) is 15.1. The zero-order valence-corrected chi connectivity index (χ0v) is 12.3. The Hall–Kier alpha value is 0.01000. The van der Waals surface area contributed by atoms with Crippen LogP contribution >= 0.6 is 15.9 Å². The molecule has 0 N–H and O–H groups in total. The maximum atomic E-state index is 13.0. The monoisotopic (exact) mass is 310 g/mol. The molecular formula is C13H21BrF2O. The van der Waals surface area contributed by atoms with Crippen molar-refractivity contribution in [3.8, 4) is 0 Å². The molecular weight excluding hydrogens is 290 g/mol. The molecule has 1 rings (SSSR count). The van der Waals surface area contributed by atoms with Gasteiger partial charge in [0.05, 0.1) is 4.83 Å². The third-order valence-electron chi connectivity index (χ3n) is 3.40. The predicted octanol–water partition coefficient (Wildman–Crippen LogP) is 4.58. The van der Waals surface area contributed by atoms with Crippen LogP contribution in [0.4, 0.5) is 8.78 Å². The molecule has 0 spiro atoms. The summed E-state index contributed by atoms with van der Waals surface area (Å²) in [4.78, 5) is 11.8. The van der Waals surface area contributed by atoms with Crippen LogP contribution in [0.25, 0.3) is 0 Å². The van der Waals surface area contributed by atoms with Gasteiger partial charge < -0.3 is 0 Å². The van der Waals surface area contributed by atoms with Gasteiger partial charge in [-0.2, -0.15) is 0 Å². The fourth-order valence-corrected chi connectivity index (χ4v) is 3.42. The standard InChI is InChI=1S/C13H21BrF2O/c1-12(2,3)11(17)10(14)8-9-4-6-13(15,16)7-5-9/h9-10H,4-8H2,1-3H3. The molecule has 0 heterocycles. The molecule has 0 bridgehead atoms. The molecule has 1 aliphatic carbocycles. The molecule has 17 heavy (non-hydrogen) atoms. The lowest BCUT2D eigenvalue weighted by molar-refractivity contribution is -0.126. The fraction of sp³-hybridized carbons (Fsp3) is 0.923. The summed E-state index contributed by atoms with van der Waals surface area (Å²) in [6.45, 7) is 5.66. The first-order valence-corrected chi connectivity index (χ1v) is 7.09. The van der Waals surface area contributed by atoms with Crippen molar-refractivity contribution in [3.63, 3.8) is 0 Å². The summed E-state index contributed by atoms with van der Waals surface area (Å²) < 4.78 is 26.0. The highest BCUT2D eigenvalue weighted by Crippen LogP contribution is 2.39. The van der Waals surface area contributed by atoms with Crippen molar-refractivity contribution in [3.05, 3.63) is 0 Å². The van der Waals surface area contributed by atoms with Gasteiger partial charge in [0.1, 0.15) is 0 Å². The van der Waals surface area contributed by atoms with Crippen LogP contribution in [-0.4, -0.2) is 16.5 Å². The third-order valence-corrected chi connectivity index (χ3v) is 4.19. The average molecular weight is 311 g/mol. The minimum absolute atomic E-state index is 0.0267. The molecule has 0 aromatic rings. The topological polar surface area (TPSA) is 17.1 Å². The Labute approximate surface area is 110 Å². The second-order valence-electron chi connectivity index (χ2n) is 6.12. The minimum atomic E-state index is -2.48. The first-order valence-electron chi connectivity index (χ1n) is 6.18. The number of halogens is 3.